The topological polar surface area (TPSA) is 71.5 Å². The molecule has 0 aromatic carbocycles. The molecule has 1 aliphatic rings. The van der Waals surface area contributed by atoms with Crippen LogP contribution in [0, 0.1) is 0 Å². The third kappa shape index (κ3) is 1.80. The van der Waals surface area contributed by atoms with Crippen LogP contribution in [-0.2, 0) is 0 Å². The van der Waals surface area contributed by atoms with E-state index in [2.05, 4.69) is 10.3 Å². The number of nitrogens with zero attached hydrogens (tertiary/aromatic N) is 1. The number of hydrogen-bond donors (Lipinski definition) is 2. The fourth-order valence-corrected chi connectivity index (χ4v) is 2.18. The zero-order chi connectivity index (χ0) is 11.7. The zero-order valence-electron chi connectivity index (χ0n) is 9.18. The van der Waals surface area contributed by atoms with Gasteiger partial charge < -0.3 is 15.2 Å². The number of nitrogens with one attached hydrogen (secondary N) is 1. The van der Waals surface area contributed by atoms with Crippen molar-refractivity contribution in [1.29, 1.82) is 0 Å². The Balaban J connectivity index is 2.24. The van der Waals surface area contributed by atoms with Crippen molar-refractivity contribution in [3.63, 3.8) is 0 Å². The number of carboxylic acid groups (broad SMARTS) is 1. The highest BCUT2D eigenvalue weighted by Gasteiger charge is 2.36. The zero-order valence-corrected chi connectivity index (χ0v) is 9.18. The van der Waals surface area contributed by atoms with Crippen LogP contribution in [0.1, 0.15) is 25.5 Å². The predicted octanol–water partition coefficient (Wildman–Crippen LogP) is 1.60. The highest BCUT2D eigenvalue weighted by atomic mass is 16.5. The van der Waals surface area contributed by atoms with Crippen molar-refractivity contribution < 1.29 is 14.6 Å². The van der Waals surface area contributed by atoms with Gasteiger partial charge in [-0.3, -0.25) is 4.98 Å². The first-order chi connectivity index (χ1) is 7.59. The molecular weight excluding hydrogens is 208 g/mol. The van der Waals surface area contributed by atoms with Crippen molar-refractivity contribution in [2.75, 3.05) is 0 Å². The third-order valence-electron chi connectivity index (χ3n) is 2.82. The maximum Gasteiger partial charge on any atom is 0.404 e. The summed E-state index contributed by atoms with van der Waals surface area (Å²) >= 11 is 0. The van der Waals surface area contributed by atoms with Crippen LogP contribution in [0.15, 0.2) is 18.3 Å². The first kappa shape index (κ1) is 10.7. The lowest BCUT2D eigenvalue weighted by Crippen LogP contribution is -2.39. The van der Waals surface area contributed by atoms with Crippen LogP contribution in [0.5, 0.6) is 5.75 Å². The molecule has 0 saturated carbocycles. The molecule has 16 heavy (non-hydrogen) atoms. The third-order valence-corrected chi connectivity index (χ3v) is 2.82. The molecule has 2 rings (SSSR count). The summed E-state index contributed by atoms with van der Waals surface area (Å²) in [6, 6.07) is 3.44. The Bertz CT molecular complexity index is 408. The Morgan fingerprint density at radius 3 is 3.12 bits per heavy atom. The van der Waals surface area contributed by atoms with Crippen LogP contribution >= 0.6 is 0 Å². The molecule has 3 atom stereocenters. The summed E-state index contributed by atoms with van der Waals surface area (Å²) in [5.41, 5.74) is 0.830. The van der Waals surface area contributed by atoms with Crippen LogP contribution in [0.25, 0.3) is 0 Å². The summed E-state index contributed by atoms with van der Waals surface area (Å²) in [6.07, 6.45) is 0.608. The molecule has 0 fully saturated rings. The molecule has 86 valence electrons. The van der Waals surface area contributed by atoms with Crippen LogP contribution in [0.4, 0.5) is 4.79 Å². The quantitative estimate of drug-likeness (QED) is 0.797. The molecule has 0 saturated heterocycles. The van der Waals surface area contributed by atoms with Gasteiger partial charge in [0.15, 0.2) is 0 Å². The minimum Gasteiger partial charge on any atom is -0.488 e. The second kappa shape index (κ2) is 4.00. The average molecular weight is 222 g/mol. The summed E-state index contributed by atoms with van der Waals surface area (Å²) in [5, 5.41) is 11.2. The average Bonchev–Trinajstić information content (AvgIpc) is 2.52. The minimum absolute atomic E-state index is 0.0349. The van der Waals surface area contributed by atoms with E-state index in [1.165, 1.54) is 0 Å². The maximum atomic E-state index is 10.6. The van der Waals surface area contributed by atoms with Gasteiger partial charge in [-0.2, -0.15) is 0 Å². The number of carbonyl (C=O) groups is 1. The standard InChI is InChI=1S/C11H14N2O3/c1-6(13-11(14)15)9-7(2)16-8-4-3-5-12-10(8)9/h3-7,9,13H,1-2H3,(H,14,15)/t6-,7+,9+/m0/s1. The fraction of sp³-hybridized carbons (Fsp3) is 0.455. The van der Waals surface area contributed by atoms with Gasteiger partial charge >= 0.3 is 6.09 Å². The molecule has 5 heteroatoms. The Morgan fingerprint density at radius 2 is 2.44 bits per heavy atom. The van der Waals surface area contributed by atoms with E-state index < -0.39 is 6.09 Å². The number of amides is 1. The number of pyridine rings is 1. The van der Waals surface area contributed by atoms with E-state index in [0.717, 1.165) is 11.4 Å². The molecule has 1 aromatic heterocycles. The number of aromatic nitrogens is 1. The number of rotatable bonds is 2. The molecule has 0 spiro atoms. The van der Waals surface area contributed by atoms with Crippen LogP contribution < -0.4 is 10.1 Å². The molecular formula is C11H14N2O3. The molecule has 0 aliphatic carbocycles. The summed E-state index contributed by atoms with van der Waals surface area (Å²) < 4.78 is 5.63. The lowest BCUT2D eigenvalue weighted by Gasteiger charge is -2.21. The maximum absolute atomic E-state index is 10.6. The Hall–Kier alpha value is -1.78. The van der Waals surface area contributed by atoms with Crippen molar-refractivity contribution in [1.82, 2.24) is 10.3 Å². The van der Waals surface area contributed by atoms with E-state index in [1.54, 1.807) is 6.20 Å². The van der Waals surface area contributed by atoms with E-state index >= 15 is 0 Å². The molecule has 1 amide bonds. The van der Waals surface area contributed by atoms with Gasteiger partial charge in [-0.25, -0.2) is 4.79 Å². The van der Waals surface area contributed by atoms with E-state index in [9.17, 15) is 4.79 Å². The highest BCUT2D eigenvalue weighted by Crippen LogP contribution is 2.38. The van der Waals surface area contributed by atoms with Crippen molar-refractivity contribution in [2.45, 2.75) is 31.9 Å². The first-order valence-electron chi connectivity index (χ1n) is 5.20. The normalized spacial score (nSPS) is 24.4. The number of hydrogen-bond acceptors (Lipinski definition) is 3. The van der Waals surface area contributed by atoms with E-state index in [-0.39, 0.29) is 18.1 Å². The van der Waals surface area contributed by atoms with E-state index in [4.69, 9.17) is 9.84 Å². The lowest BCUT2D eigenvalue weighted by molar-refractivity contribution is 0.176. The molecule has 2 N–H and O–H groups in total. The lowest BCUT2D eigenvalue weighted by atomic mass is 9.93. The smallest absolute Gasteiger partial charge is 0.404 e. The van der Waals surface area contributed by atoms with Crippen LogP contribution in [0.3, 0.4) is 0 Å². The van der Waals surface area contributed by atoms with Crippen LogP contribution in [0.2, 0.25) is 0 Å². The number of fused-ring (bicyclic) bond motifs is 1. The molecule has 1 aliphatic heterocycles. The predicted molar refractivity (Wildman–Crippen MR) is 57.7 cm³/mol. The second-order valence-electron chi connectivity index (χ2n) is 3.97. The first-order valence-corrected chi connectivity index (χ1v) is 5.20. The second-order valence-corrected chi connectivity index (χ2v) is 3.97. The molecule has 1 aromatic rings. The van der Waals surface area contributed by atoms with Gasteiger partial charge in [-0.15, -0.1) is 0 Å². The van der Waals surface area contributed by atoms with Gasteiger partial charge in [0.2, 0.25) is 0 Å². The Kier molecular flexibility index (Phi) is 2.68. The van der Waals surface area contributed by atoms with Gasteiger partial charge in [0, 0.05) is 12.2 Å². The molecule has 0 bridgehead atoms. The number of ether oxygens (including phenoxy) is 1. The minimum atomic E-state index is -1.02. The molecule has 0 radical (unpaired) electrons. The Labute approximate surface area is 93.5 Å². The van der Waals surface area contributed by atoms with Gasteiger partial charge in [-0.05, 0) is 26.0 Å². The highest BCUT2D eigenvalue weighted by molar-refractivity contribution is 5.65. The fourth-order valence-electron chi connectivity index (χ4n) is 2.18. The molecule has 0 unspecified atom stereocenters. The molecule has 5 nitrogen and oxygen atoms in total. The Morgan fingerprint density at radius 1 is 1.69 bits per heavy atom. The van der Waals surface area contributed by atoms with Gasteiger partial charge in [0.25, 0.3) is 0 Å². The van der Waals surface area contributed by atoms with Crippen molar-refractivity contribution in [3.05, 3.63) is 24.0 Å². The van der Waals surface area contributed by atoms with E-state index in [1.807, 2.05) is 26.0 Å². The van der Waals surface area contributed by atoms with Crippen LogP contribution in [-0.4, -0.2) is 28.3 Å². The van der Waals surface area contributed by atoms with Crippen molar-refractivity contribution >= 4 is 6.09 Å². The SMILES string of the molecule is C[C@H](NC(=O)O)[C@H]1c2ncccc2O[C@@H]1C. The summed E-state index contributed by atoms with van der Waals surface area (Å²) in [6.45, 7) is 3.74. The largest absolute Gasteiger partial charge is 0.488 e. The molecule has 2 heterocycles. The summed E-state index contributed by atoms with van der Waals surface area (Å²) in [5.74, 6) is 0.714. The van der Waals surface area contributed by atoms with E-state index in [0.29, 0.717) is 0 Å². The van der Waals surface area contributed by atoms with Crippen molar-refractivity contribution in [2.24, 2.45) is 0 Å². The van der Waals surface area contributed by atoms with Crippen molar-refractivity contribution in [3.8, 4) is 5.75 Å². The van der Waals surface area contributed by atoms with Gasteiger partial charge in [0.05, 0.1) is 11.6 Å². The summed E-state index contributed by atoms with van der Waals surface area (Å²) in [7, 11) is 0. The monoisotopic (exact) mass is 222 g/mol. The van der Waals surface area contributed by atoms with Gasteiger partial charge in [-0.1, -0.05) is 0 Å². The van der Waals surface area contributed by atoms with Gasteiger partial charge in [0.1, 0.15) is 11.9 Å². The summed E-state index contributed by atoms with van der Waals surface area (Å²) in [4.78, 5) is 14.9.